The van der Waals surface area contributed by atoms with Crippen LogP contribution in [0.5, 0.6) is 11.5 Å². The molecule has 130 valence electrons. The van der Waals surface area contributed by atoms with Gasteiger partial charge in [0.25, 0.3) is 11.1 Å². The summed E-state index contributed by atoms with van der Waals surface area (Å²) in [6.45, 7) is 2.82. The van der Waals surface area contributed by atoms with E-state index in [-0.39, 0.29) is 17.7 Å². The largest absolute Gasteiger partial charge is 0.491 e. The van der Waals surface area contributed by atoms with Crippen molar-refractivity contribution < 1.29 is 23.8 Å². The monoisotopic (exact) mass is 371 g/mol. The van der Waals surface area contributed by atoms with Gasteiger partial charge in [-0.05, 0) is 42.5 Å². The fraction of sp³-hybridized carbons (Fsp3) is 0.375. The van der Waals surface area contributed by atoms with Crippen LogP contribution < -0.4 is 9.47 Å². The number of thioether (sulfide) groups is 1. The molecule has 24 heavy (non-hydrogen) atoms. The maximum atomic E-state index is 12.3. The first-order valence-electron chi connectivity index (χ1n) is 7.26. The maximum absolute atomic E-state index is 12.3. The first kappa shape index (κ1) is 18.6. The third-order valence-corrected chi connectivity index (χ3v) is 4.41. The van der Waals surface area contributed by atoms with Crippen molar-refractivity contribution >= 4 is 40.6 Å². The van der Waals surface area contributed by atoms with Crippen molar-refractivity contribution in [2.24, 2.45) is 0 Å². The van der Waals surface area contributed by atoms with Gasteiger partial charge in [0.05, 0.1) is 36.8 Å². The van der Waals surface area contributed by atoms with Gasteiger partial charge in [-0.25, -0.2) is 0 Å². The SMILES string of the molecule is CCOc1cc(/C=C2/SC(=O)N(CCOC)C2=O)cc(Cl)c1OC. The Kier molecular flexibility index (Phi) is 6.53. The van der Waals surface area contributed by atoms with E-state index in [9.17, 15) is 9.59 Å². The van der Waals surface area contributed by atoms with Gasteiger partial charge in [-0.2, -0.15) is 0 Å². The normalized spacial score (nSPS) is 16.2. The van der Waals surface area contributed by atoms with Gasteiger partial charge in [0.2, 0.25) is 0 Å². The summed E-state index contributed by atoms with van der Waals surface area (Å²) in [5, 5.41) is 0.0567. The van der Waals surface area contributed by atoms with E-state index in [1.165, 1.54) is 14.2 Å². The molecule has 0 radical (unpaired) electrons. The Morgan fingerprint density at radius 1 is 1.29 bits per heavy atom. The lowest BCUT2D eigenvalue weighted by atomic mass is 10.1. The molecule has 0 saturated carbocycles. The van der Waals surface area contributed by atoms with Gasteiger partial charge in [-0.15, -0.1) is 0 Å². The Labute approximate surface area is 149 Å². The molecule has 8 heteroatoms. The summed E-state index contributed by atoms with van der Waals surface area (Å²) in [6.07, 6.45) is 1.62. The number of carbonyl (C=O) groups is 2. The number of rotatable bonds is 7. The molecule has 0 aliphatic carbocycles. The second-order valence-electron chi connectivity index (χ2n) is 4.79. The number of methoxy groups -OCH3 is 2. The molecule has 0 N–H and O–H groups in total. The molecule has 1 heterocycles. The molecular weight excluding hydrogens is 354 g/mol. The lowest BCUT2D eigenvalue weighted by Crippen LogP contribution is -2.31. The highest BCUT2D eigenvalue weighted by atomic mass is 35.5. The molecule has 2 rings (SSSR count). The molecule has 1 saturated heterocycles. The number of amides is 2. The predicted octanol–water partition coefficient (Wildman–Crippen LogP) is 3.43. The first-order valence-corrected chi connectivity index (χ1v) is 8.45. The van der Waals surface area contributed by atoms with Crippen LogP contribution in [0.25, 0.3) is 6.08 Å². The van der Waals surface area contributed by atoms with E-state index >= 15 is 0 Å². The van der Waals surface area contributed by atoms with Gasteiger partial charge in [-0.1, -0.05) is 11.6 Å². The Morgan fingerprint density at radius 3 is 2.67 bits per heavy atom. The Hall–Kier alpha value is -1.70. The van der Waals surface area contributed by atoms with E-state index < -0.39 is 0 Å². The van der Waals surface area contributed by atoms with Crippen LogP contribution in [-0.2, 0) is 9.53 Å². The van der Waals surface area contributed by atoms with Crippen molar-refractivity contribution in [3.63, 3.8) is 0 Å². The van der Waals surface area contributed by atoms with E-state index in [1.807, 2.05) is 6.92 Å². The lowest BCUT2D eigenvalue weighted by Gasteiger charge is -2.12. The fourth-order valence-corrected chi connectivity index (χ4v) is 3.32. The number of hydrogen-bond donors (Lipinski definition) is 0. The standard InChI is InChI=1S/C16H18ClNO5S/c1-4-23-12-8-10(7-11(17)14(12)22-3)9-13-15(19)18(5-6-21-2)16(20)24-13/h7-9H,4-6H2,1-3H3/b13-9+. The Balaban J connectivity index is 2.31. The van der Waals surface area contributed by atoms with Crippen LogP contribution in [0, 0.1) is 0 Å². The zero-order valence-corrected chi connectivity index (χ0v) is 15.2. The zero-order valence-electron chi connectivity index (χ0n) is 13.6. The van der Waals surface area contributed by atoms with Crippen molar-refractivity contribution in [3.05, 3.63) is 27.6 Å². The first-order chi connectivity index (χ1) is 11.5. The van der Waals surface area contributed by atoms with Crippen molar-refractivity contribution in [1.29, 1.82) is 0 Å². The third kappa shape index (κ3) is 4.03. The highest BCUT2D eigenvalue weighted by molar-refractivity contribution is 8.18. The summed E-state index contributed by atoms with van der Waals surface area (Å²) < 4.78 is 15.7. The van der Waals surface area contributed by atoms with Crippen molar-refractivity contribution in [2.75, 3.05) is 34.0 Å². The second kappa shape index (κ2) is 8.41. The fourth-order valence-electron chi connectivity index (χ4n) is 2.16. The van der Waals surface area contributed by atoms with Gasteiger partial charge < -0.3 is 14.2 Å². The summed E-state index contributed by atoms with van der Waals surface area (Å²) in [5.41, 5.74) is 0.654. The molecule has 0 bridgehead atoms. The molecule has 0 unspecified atom stereocenters. The number of carbonyl (C=O) groups excluding carboxylic acids is 2. The topological polar surface area (TPSA) is 65.1 Å². The second-order valence-corrected chi connectivity index (χ2v) is 6.19. The average molecular weight is 372 g/mol. The highest BCUT2D eigenvalue weighted by Crippen LogP contribution is 2.38. The quantitative estimate of drug-likeness (QED) is 0.684. The summed E-state index contributed by atoms with van der Waals surface area (Å²) in [5.74, 6) is 0.577. The molecule has 1 aliphatic rings. The van der Waals surface area contributed by atoms with Crippen molar-refractivity contribution in [3.8, 4) is 11.5 Å². The Morgan fingerprint density at radius 2 is 2.04 bits per heavy atom. The third-order valence-electron chi connectivity index (χ3n) is 3.23. The molecule has 1 fully saturated rings. The smallest absolute Gasteiger partial charge is 0.293 e. The molecule has 2 amide bonds. The van der Waals surface area contributed by atoms with Gasteiger partial charge in [-0.3, -0.25) is 14.5 Å². The lowest BCUT2D eigenvalue weighted by molar-refractivity contribution is -0.123. The van der Waals surface area contributed by atoms with Crippen LogP contribution in [0.4, 0.5) is 4.79 Å². The minimum Gasteiger partial charge on any atom is -0.491 e. The van der Waals surface area contributed by atoms with Gasteiger partial charge >= 0.3 is 0 Å². The van der Waals surface area contributed by atoms with E-state index in [0.29, 0.717) is 40.2 Å². The van der Waals surface area contributed by atoms with Crippen LogP contribution in [0.1, 0.15) is 12.5 Å². The van der Waals surface area contributed by atoms with Crippen molar-refractivity contribution in [2.45, 2.75) is 6.92 Å². The van der Waals surface area contributed by atoms with Gasteiger partial charge in [0.15, 0.2) is 11.5 Å². The molecule has 1 aliphatic heterocycles. The summed E-state index contributed by atoms with van der Waals surface area (Å²) in [7, 11) is 3.02. The Bertz CT molecular complexity index is 677. The zero-order chi connectivity index (χ0) is 17.7. The minimum atomic E-state index is -0.341. The maximum Gasteiger partial charge on any atom is 0.293 e. The van der Waals surface area contributed by atoms with E-state index in [2.05, 4.69) is 0 Å². The van der Waals surface area contributed by atoms with Crippen LogP contribution in [0.3, 0.4) is 0 Å². The van der Waals surface area contributed by atoms with Crippen LogP contribution in [0.2, 0.25) is 5.02 Å². The number of imide groups is 1. The van der Waals surface area contributed by atoms with Crippen LogP contribution in [0.15, 0.2) is 17.0 Å². The molecule has 0 aromatic heterocycles. The summed E-state index contributed by atoms with van der Waals surface area (Å²) in [6, 6.07) is 3.38. The number of halogens is 1. The highest BCUT2D eigenvalue weighted by Gasteiger charge is 2.34. The predicted molar refractivity (Wildman–Crippen MR) is 93.7 cm³/mol. The molecule has 1 aromatic carbocycles. The average Bonchev–Trinajstić information content (AvgIpc) is 2.79. The van der Waals surface area contributed by atoms with Gasteiger partial charge in [0, 0.05) is 7.11 Å². The molecule has 1 aromatic rings. The number of nitrogens with zero attached hydrogens (tertiary/aromatic N) is 1. The van der Waals surface area contributed by atoms with E-state index in [1.54, 1.807) is 18.2 Å². The minimum absolute atomic E-state index is 0.228. The van der Waals surface area contributed by atoms with E-state index in [0.717, 1.165) is 16.7 Å². The van der Waals surface area contributed by atoms with Crippen LogP contribution in [-0.4, -0.2) is 50.0 Å². The summed E-state index contributed by atoms with van der Waals surface area (Å²) in [4.78, 5) is 25.7. The summed E-state index contributed by atoms with van der Waals surface area (Å²) >= 11 is 7.09. The van der Waals surface area contributed by atoms with Crippen molar-refractivity contribution in [1.82, 2.24) is 4.90 Å². The van der Waals surface area contributed by atoms with E-state index in [4.69, 9.17) is 25.8 Å². The number of hydrogen-bond acceptors (Lipinski definition) is 6. The number of benzene rings is 1. The molecule has 6 nitrogen and oxygen atoms in total. The molecule has 0 atom stereocenters. The molecular formula is C16H18ClNO5S. The van der Waals surface area contributed by atoms with Gasteiger partial charge in [0.1, 0.15) is 0 Å². The van der Waals surface area contributed by atoms with Crippen LogP contribution >= 0.6 is 23.4 Å². The molecule has 0 spiro atoms. The number of ether oxygens (including phenoxy) is 3.